The van der Waals surface area contributed by atoms with E-state index in [0.717, 1.165) is 44.4 Å². The van der Waals surface area contributed by atoms with Gasteiger partial charge < -0.3 is 13.7 Å². The Kier molecular flexibility index (Phi) is 3.09. The monoisotopic (exact) mass is 363 g/mol. The molecule has 0 spiro atoms. The van der Waals surface area contributed by atoms with Crippen LogP contribution < -0.4 is 4.74 Å². The summed E-state index contributed by atoms with van der Waals surface area (Å²) < 4.78 is 14.2. The maximum absolute atomic E-state index is 6.15. The van der Waals surface area contributed by atoms with E-state index in [1.807, 2.05) is 18.2 Å². The molecule has 6 rings (SSSR count). The molecule has 0 fully saturated rings. The Balaban J connectivity index is 1.78. The number of methoxy groups -OCH3 is 1. The first-order valence-electron chi connectivity index (χ1n) is 9.33. The fraction of sp³-hybridized carbons (Fsp3) is 0.0400. The lowest BCUT2D eigenvalue weighted by Gasteiger charge is -2.12. The second-order valence-electron chi connectivity index (χ2n) is 6.99. The van der Waals surface area contributed by atoms with Crippen LogP contribution in [0.4, 0.5) is 0 Å². The minimum atomic E-state index is 0.825. The summed E-state index contributed by atoms with van der Waals surface area (Å²) in [7, 11) is 1.72. The zero-order valence-corrected chi connectivity index (χ0v) is 15.3. The minimum absolute atomic E-state index is 0.825. The van der Waals surface area contributed by atoms with Crippen LogP contribution in [0.1, 0.15) is 0 Å². The van der Waals surface area contributed by atoms with Crippen LogP contribution >= 0.6 is 0 Å². The molecule has 0 aliphatic heterocycles. The van der Waals surface area contributed by atoms with E-state index in [0.29, 0.717) is 0 Å². The maximum Gasteiger partial charge on any atom is 0.143 e. The second-order valence-corrected chi connectivity index (χ2v) is 6.99. The molecule has 3 heteroatoms. The van der Waals surface area contributed by atoms with E-state index >= 15 is 0 Å². The van der Waals surface area contributed by atoms with Gasteiger partial charge in [0.15, 0.2) is 0 Å². The van der Waals surface area contributed by atoms with Crippen molar-refractivity contribution in [2.75, 3.05) is 7.11 Å². The van der Waals surface area contributed by atoms with Crippen molar-refractivity contribution in [1.82, 2.24) is 4.57 Å². The fourth-order valence-electron chi connectivity index (χ4n) is 4.26. The topological polar surface area (TPSA) is 27.3 Å². The molecule has 0 unspecified atom stereocenters. The number of furan rings is 1. The van der Waals surface area contributed by atoms with E-state index in [-0.39, 0.29) is 0 Å². The Morgan fingerprint density at radius 1 is 0.643 bits per heavy atom. The molecule has 28 heavy (non-hydrogen) atoms. The van der Waals surface area contributed by atoms with E-state index in [1.54, 1.807) is 7.11 Å². The summed E-state index contributed by atoms with van der Waals surface area (Å²) in [4.78, 5) is 0. The van der Waals surface area contributed by atoms with Gasteiger partial charge in [-0.1, -0.05) is 54.6 Å². The second kappa shape index (κ2) is 5.64. The summed E-state index contributed by atoms with van der Waals surface area (Å²) in [6.45, 7) is 0. The van der Waals surface area contributed by atoms with Gasteiger partial charge in [0.05, 0.1) is 23.8 Å². The number of hydrogen-bond donors (Lipinski definition) is 0. The third kappa shape index (κ3) is 1.99. The highest BCUT2D eigenvalue weighted by Gasteiger charge is 2.17. The molecule has 2 aromatic heterocycles. The predicted octanol–water partition coefficient (Wildman–Crippen LogP) is 6.69. The first-order valence-corrected chi connectivity index (χ1v) is 9.33. The molecule has 134 valence electrons. The van der Waals surface area contributed by atoms with Crippen molar-refractivity contribution < 1.29 is 9.15 Å². The van der Waals surface area contributed by atoms with Gasteiger partial charge in [0.1, 0.15) is 16.9 Å². The highest BCUT2D eigenvalue weighted by molar-refractivity contribution is 6.10. The zero-order valence-electron chi connectivity index (χ0n) is 15.3. The summed E-state index contributed by atoms with van der Waals surface area (Å²) in [6.07, 6.45) is 0. The van der Waals surface area contributed by atoms with Gasteiger partial charge in [-0.3, -0.25) is 0 Å². The molecule has 0 bridgehead atoms. The molecule has 0 saturated heterocycles. The molecule has 0 radical (unpaired) electrons. The fourth-order valence-corrected chi connectivity index (χ4v) is 4.26. The summed E-state index contributed by atoms with van der Waals surface area (Å²) in [5, 5.41) is 4.62. The van der Waals surface area contributed by atoms with Crippen molar-refractivity contribution >= 4 is 43.7 Å². The molecular weight excluding hydrogens is 346 g/mol. The highest BCUT2D eigenvalue weighted by atomic mass is 16.5. The van der Waals surface area contributed by atoms with Crippen LogP contribution in [0.2, 0.25) is 0 Å². The van der Waals surface area contributed by atoms with Crippen LogP contribution in [0.15, 0.2) is 89.3 Å². The van der Waals surface area contributed by atoms with Crippen LogP contribution in [0.25, 0.3) is 49.4 Å². The average Bonchev–Trinajstić information content (AvgIpc) is 3.28. The number of aromatic nitrogens is 1. The highest BCUT2D eigenvalue weighted by Crippen LogP contribution is 2.39. The van der Waals surface area contributed by atoms with Gasteiger partial charge in [-0.15, -0.1) is 0 Å². The largest absolute Gasteiger partial charge is 0.495 e. The van der Waals surface area contributed by atoms with Gasteiger partial charge >= 0.3 is 0 Å². The molecule has 0 aliphatic carbocycles. The van der Waals surface area contributed by atoms with Crippen molar-refractivity contribution in [1.29, 1.82) is 0 Å². The number of hydrogen-bond acceptors (Lipinski definition) is 2. The number of fused-ring (bicyclic) bond motifs is 6. The number of benzene rings is 4. The van der Waals surface area contributed by atoms with Gasteiger partial charge in [0.25, 0.3) is 0 Å². The lowest BCUT2D eigenvalue weighted by Crippen LogP contribution is -1.97. The van der Waals surface area contributed by atoms with Crippen LogP contribution in [-0.2, 0) is 0 Å². The smallest absolute Gasteiger partial charge is 0.143 e. The van der Waals surface area contributed by atoms with Crippen LogP contribution in [0.3, 0.4) is 0 Å². The lowest BCUT2D eigenvalue weighted by atomic mass is 10.1. The Hall–Kier alpha value is -3.72. The van der Waals surface area contributed by atoms with Crippen molar-refractivity contribution in [3.8, 4) is 11.4 Å². The lowest BCUT2D eigenvalue weighted by molar-refractivity contribution is 0.414. The van der Waals surface area contributed by atoms with E-state index < -0.39 is 0 Å². The number of ether oxygens (including phenoxy) is 1. The van der Waals surface area contributed by atoms with Gasteiger partial charge in [-0.05, 0) is 24.3 Å². The number of para-hydroxylation sites is 3. The van der Waals surface area contributed by atoms with Crippen LogP contribution in [0.5, 0.6) is 5.75 Å². The predicted molar refractivity (Wildman–Crippen MR) is 115 cm³/mol. The standard InChI is InChI=1S/C25H17NO2/c1-27-25-14-19-18-10-4-7-13-23(18)28-24(19)15-22(25)26-20-11-5-2-8-16(20)17-9-3-6-12-21(17)26/h2-15H,1H3. The summed E-state index contributed by atoms with van der Waals surface area (Å²) in [6, 6.07) is 29.2. The van der Waals surface area contributed by atoms with Gasteiger partial charge in [-0.2, -0.15) is 0 Å². The molecule has 0 atom stereocenters. The Bertz CT molecular complexity index is 1450. The first kappa shape index (κ1) is 15.3. The number of nitrogens with zero attached hydrogens (tertiary/aromatic N) is 1. The maximum atomic E-state index is 6.15. The SMILES string of the molecule is COc1cc2c(cc1-n1c3ccccc3c3ccccc31)oc1ccccc12. The molecule has 0 amide bonds. The Labute approximate surface area is 161 Å². The zero-order chi connectivity index (χ0) is 18.7. The molecule has 6 aromatic rings. The molecule has 0 aliphatic rings. The average molecular weight is 363 g/mol. The third-order valence-corrected chi connectivity index (χ3v) is 5.50. The van der Waals surface area contributed by atoms with Crippen molar-refractivity contribution in [2.24, 2.45) is 0 Å². The normalized spacial score (nSPS) is 11.8. The summed E-state index contributed by atoms with van der Waals surface area (Å²) in [5.74, 6) is 0.825. The summed E-state index contributed by atoms with van der Waals surface area (Å²) >= 11 is 0. The van der Waals surface area contributed by atoms with Crippen LogP contribution in [-0.4, -0.2) is 11.7 Å². The van der Waals surface area contributed by atoms with E-state index in [2.05, 4.69) is 71.3 Å². The third-order valence-electron chi connectivity index (χ3n) is 5.50. The number of rotatable bonds is 2. The minimum Gasteiger partial charge on any atom is -0.495 e. The first-order chi connectivity index (χ1) is 13.8. The van der Waals surface area contributed by atoms with E-state index in [4.69, 9.17) is 9.15 Å². The molecule has 0 N–H and O–H groups in total. The summed E-state index contributed by atoms with van der Waals surface area (Å²) in [5.41, 5.74) is 5.03. The van der Waals surface area contributed by atoms with Crippen molar-refractivity contribution in [3.05, 3.63) is 84.9 Å². The van der Waals surface area contributed by atoms with Gasteiger partial charge in [-0.25, -0.2) is 0 Å². The molecular formula is C25H17NO2. The Morgan fingerprint density at radius 2 is 1.25 bits per heavy atom. The van der Waals surface area contributed by atoms with E-state index in [1.165, 1.54) is 10.8 Å². The van der Waals surface area contributed by atoms with Crippen molar-refractivity contribution in [3.63, 3.8) is 0 Å². The molecule has 2 heterocycles. The van der Waals surface area contributed by atoms with Crippen molar-refractivity contribution in [2.45, 2.75) is 0 Å². The van der Waals surface area contributed by atoms with Gasteiger partial charge in [0, 0.05) is 27.6 Å². The molecule has 3 nitrogen and oxygen atoms in total. The van der Waals surface area contributed by atoms with Crippen LogP contribution in [0, 0.1) is 0 Å². The quantitative estimate of drug-likeness (QED) is 0.343. The van der Waals surface area contributed by atoms with E-state index in [9.17, 15) is 0 Å². The Morgan fingerprint density at radius 3 is 1.93 bits per heavy atom. The van der Waals surface area contributed by atoms with Gasteiger partial charge in [0.2, 0.25) is 0 Å². The molecule has 0 saturated carbocycles. The molecule has 4 aromatic carbocycles.